The van der Waals surface area contributed by atoms with Crippen molar-refractivity contribution in [2.24, 2.45) is 0 Å². The van der Waals surface area contributed by atoms with E-state index in [-0.39, 0.29) is 27.7 Å². The van der Waals surface area contributed by atoms with Gasteiger partial charge in [-0.15, -0.1) is 0 Å². The maximum atomic E-state index is 13.7. The molecule has 8 heteroatoms. The van der Waals surface area contributed by atoms with Crippen LogP contribution in [0.2, 0.25) is 5.02 Å². The van der Waals surface area contributed by atoms with E-state index in [1.165, 1.54) is 31.3 Å². The zero-order valence-corrected chi connectivity index (χ0v) is 23.8. The molecule has 1 atom stereocenters. The number of anilines is 2. The highest BCUT2D eigenvalue weighted by Crippen LogP contribution is 2.45. The monoisotopic (exact) mass is 548 g/mol. The fourth-order valence-corrected chi connectivity index (χ4v) is 5.25. The molecule has 0 spiro atoms. The van der Waals surface area contributed by atoms with Crippen LogP contribution in [-0.2, 0) is 9.59 Å². The van der Waals surface area contributed by atoms with Gasteiger partial charge >= 0.3 is 0 Å². The van der Waals surface area contributed by atoms with E-state index >= 15 is 0 Å². The Morgan fingerprint density at radius 3 is 2.18 bits per heavy atom. The molecule has 1 N–H and O–H groups in total. The fourth-order valence-electron chi connectivity index (χ4n) is 5.02. The lowest BCUT2D eigenvalue weighted by atomic mass is 9.94. The number of nitrogens with zero attached hydrogens (tertiary/aromatic N) is 2. The molecule has 1 unspecified atom stereocenters. The topological polar surface area (TPSA) is 79.3 Å². The van der Waals surface area contributed by atoms with Gasteiger partial charge < -0.3 is 19.5 Å². The minimum atomic E-state index is -0.873. The van der Waals surface area contributed by atoms with Crippen molar-refractivity contribution in [3.8, 4) is 11.5 Å². The number of benzene rings is 3. The number of methoxy groups -OCH3 is 2. The first-order valence-electron chi connectivity index (χ1n) is 12.8. The number of carbonyl (C=O) groups excluding carboxylic acids is 2. The molecule has 39 heavy (non-hydrogen) atoms. The lowest BCUT2D eigenvalue weighted by molar-refractivity contribution is -0.132. The molecule has 0 bridgehead atoms. The fraction of sp³-hybridized carbons (Fsp3) is 0.290. The summed E-state index contributed by atoms with van der Waals surface area (Å²) >= 11 is 6.28. The first-order chi connectivity index (χ1) is 18.7. The molecule has 1 heterocycles. The normalized spacial score (nSPS) is 16.5. The van der Waals surface area contributed by atoms with Crippen LogP contribution in [0.3, 0.4) is 0 Å². The molecular weight excluding hydrogens is 516 g/mol. The van der Waals surface area contributed by atoms with Crippen molar-refractivity contribution in [3.63, 3.8) is 0 Å². The number of hydrogen-bond donors (Lipinski definition) is 1. The first kappa shape index (κ1) is 28.0. The second-order valence-corrected chi connectivity index (χ2v) is 9.82. The Bertz CT molecular complexity index is 1440. The van der Waals surface area contributed by atoms with Crippen molar-refractivity contribution in [3.05, 3.63) is 87.4 Å². The van der Waals surface area contributed by atoms with E-state index < -0.39 is 17.7 Å². The van der Waals surface area contributed by atoms with E-state index in [9.17, 15) is 14.7 Å². The Morgan fingerprint density at radius 2 is 1.59 bits per heavy atom. The molecule has 3 aromatic rings. The van der Waals surface area contributed by atoms with Crippen LogP contribution >= 0.6 is 11.6 Å². The van der Waals surface area contributed by atoms with E-state index in [1.54, 1.807) is 0 Å². The summed E-state index contributed by atoms with van der Waals surface area (Å²) in [6.07, 6.45) is 0. The minimum Gasteiger partial charge on any atom is -0.507 e. The number of Topliss-reactive ketones (excluding diaryl/α,β-unsaturated/α-hetero) is 1. The van der Waals surface area contributed by atoms with Crippen molar-refractivity contribution >= 4 is 40.4 Å². The molecule has 0 saturated carbocycles. The number of hydrogen-bond acceptors (Lipinski definition) is 6. The highest BCUT2D eigenvalue weighted by molar-refractivity contribution is 6.52. The average Bonchev–Trinajstić information content (AvgIpc) is 3.20. The van der Waals surface area contributed by atoms with E-state index in [2.05, 4.69) is 18.7 Å². The van der Waals surface area contributed by atoms with Gasteiger partial charge in [-0.2, -0.15) is 0 Å². The molecule has 0 radical (unpaired) electrons. The van der Waals surface area contributed by atoms with Gasteiger partial charge in [0.25, 0.3) is 11.7 Å². The number of aryl methyl sites for hydroxylation is 2. The van der Waals surface area contributed by atoms with Crippen LogP contribution < -0.4 is 19.3 Å². The van der Waals surface area contributed by atoms with Crippen molar-refractivity contribution in [1.82, 2.24) is 0 Å². The van der Waals surface area contributed by atoms with Gasteiger partial charge in [-0.05, 0) is 68.7 Å². The number of aliphatic hydroxyl groups excluding tert-OH is 1. The van der Waals surface area contributed by atoms with Gasteiger partial charge in [0, 0.05) is 30.5 Å². The summed E-state index contributed by atoms with van der Waals surface area (Å²) in [5.41, 5.74) is 4.25. The predicted molar refractivity (Wildman–Crippen MR) is 155 cm³/mol. The zero-order chi connectivity index (χ0) is 28.4. The lowest BCUT2D eigenvalue weighted by Crippen LogP contribution is -2.30. The molecule has 0 aromatic heterocycles. The van der Waals surface area contributed by atoms with Crippen molar-refractivity contribution in [2.75, 3.05) is 37.1 Å². The van der Waals surface area contributed by atoms with E-state index in [0.717, 1.165) is 29.9 Å². The summed E-state index contributed by atoms with van der Waals surface area (Å²) in [6.45, 7) is 9.67. The van der Waals surface area contributed by atoms with Gasteiger partial charge in [-0.3, -0.25) is 14.5 Å². The van der Waals surface area contributed by atoms with E-state index in [4.69, 9.17) is 21.1 Å². The molecule has 204 valence electrons. The summed E-state index contributed by atoms with van der Waals surface area (Å²) in [7, 11) is 2.89. The quantitative estimate of drug-likeness (QED) is 0.198. The number of ether oxygens (including phenoxy) is 2. The molecule has 1 fully saturated rings. The third kappa shape index (κ3) is 5.06. The highest BCUT2D eigenvalue weighted by atomic mass is 35.5. The standard InChI is InChI=1S/C31H33ClN2O5/c1-7-33(8-2)21-13-11-20(12-14-21)28-27(29(35)22-16-26(39-6)23(32)17-25(22)38-5)30(36)31(37)34(28)24-15-18(3)9-10-19(24)4/h9-17,28,35H,7-8H2,1-6H3/b29-27+. The molecule has 0 aliphatic carbocycles. The van der Waals surface area contributed by atoms with Crippen molar-refractivity contribution < 1.29 is 24.2 Å². The maximum Gasteiger partial charge on any atom is 0.300 e. The van der Waals surface area contributed by atoms with Crippen LogP contribution in [0, 0.1) is 13.8 Å². The molecule has 1 amide bonds. The smallest absolute Gasteiger partial charge is 0.300 e. The summed E-state index contributed by atoms with van der Waals surface area (Å²) < 4.78 is 10.8. The summed E-state index contributed by atoms with van der Waals surface area (Å²) in [6, 6.07) is 15.6. The number of aliphatic hydroxyl groups is 1. The molecule has 1 aliphatic heterocycles. The third-order valence-electron chi connectivity index (χ3n) is 7.14. The SMILES string of the molecule is CCN(CC)c1ccc(C2/C(=C(\O)c3cc(OC)c(Cl)cc3OC)C(=O)C(=O)N2c2cc(C)ccc2C)cc1. The Kier molecular flexibility index (Phi) is 8.21. The second kappa shape index (κ2) is 11.4. The van der Waals surface area contributed by atoms with Crippen LogP contribution in [0.15, 0.2) is 60.2 Å². The summed E-state index contributed by atoms with van der Waals surface area (Å²) in [4.78, 5) is 31.0. The zero-order valence-electron chi connectivity index (χ0n) is 23.0. The molecular formula is C31H33ClN2O5. The van der Waals surface area contributed by atoms with Crippen LogP contribution in [0.4, 0.5) is 11.4 Å². The Hall–Kier alpha value is -3.97. The molecule has 4 rings (SSSR count). The summed E-state index contributed by atoms with van der Waals surface area (Å²) in [5, 5.41) is 11.9. The number of carbonyl (C=O) groups is 2. The van der Waals surface area contributed by atoms with Gasteiger partial charge in [0.15, 0.2) is 0 Å². The Balaban J connectivity index is 1.99. The van der Waals surface area contributed by atoms with E-state index in [1.807, 2.05) is 56.3 Å². The minimum absolute atomic E-state index is 0.0424. The Labute approximate surface area is 234 Å². The lowest BCUT2D eigenvalue weighted by Gasteiger charge is -2.28. The highest BCUT2D eigenvalue weighted by Gasteiger charge is 2.47. The molecule has 7 nitrogen and oxygen atoms in total. The van der Waals surface area contributed by atoms with Crippen molar-refractivity contribution in [1.29, 1.82) is 0 Å². The molecule has 3 aromatic carbocycles. The van der Waals surface area contributed by atoms with Gasteiger partial charge in [-0.1, -0.05) is 35.9 Å². The van der Waals surface area contributed by atoms with Gasteiger partial charge in [0.2, 0.25) is 0 Å². The van der Waals surface area contributed by atoms with Crippen LogP contribution in [0.25, 0.3) is 5.76 Å². The van der Waals surface area contributed by atoms with Gasteiger partial charge in [0.05, 0.1) is 36.4 Å². The maximum absolute atomic E-state index is 13.7. The largest absolute Gasteiger partial charge is 0.507 e. The molecule has 1 saturated heterocycles. The first-order valence-corrected chi connectivity index (χ1v) is 13.2. The van der Waals surface area contributed by atoms with Crippen LogP contribution in [0.5, 0.6) is 11.5 Å². The van der Waals surface area contributed by atoms with Crippen molar-refractivity contribution in [2.45, 2.75) is 33.7 Å². The Morgan fingerprint density at radius 1 is 0.949 bits per heavy atom. The number of halogens is 1. The predicted octanol–water partition coefficient (Wildman–Crippen LogP) is 6.45. The third-order valence-corrected chi connectivity index (χ3v) is 7.43. The van der Waals surface area contributed by atoms with Gasteiger partial charge in [0.1, 0.15) is 17.3 Å². The average molecular weight is 549 g/mol. The van der Waals surface area contributed by atoms with E-state index in [0.29, 0.717) is 17.0 Å². The van der Waals surface area contributed by atoms with Crippen LogP contribution in [-0.4, -0.2) is 44.1 Å². The second-order valence-electron chi connectivity index (χ2n) is 9.41. The number of rotatable bonds is 8. The van der Waals surface area contributed by atoms with Gasteiger partial charge in [-0.25, -0.2) is 0 Å². The number of amides is 1. The summed E-state index contributed by atoms with van der Waals surface area (Å²) in [5.74, 6) is -1.34. The molecule has 1 aliphatic rings. The van der Waals surface area contributed by atoms with Crippen LogP contribution in [0.1, 0.15) is 42.1 Å². The number of ketones is 1.